The zero-order chi connectivity index (χ0) is 11.0. The van der Waals surface area contributed by atoms with Gasteiger partial charge >= 0.3 is 0 Å². The molecule has 0 aromatic heterocycles. The molecule has 1 atom stereocenters. The van der Waals surface area contributed by atoms with Gasteiger partial charge in [0.25, 0.3) is 0 Å². The Morgan fingerprint density at radius 3 is 2.73 bits per heavy atom. The molecular formula is C14H18O. The van der Waals surface area contributed by atoms with Gasteiger partial charge in [0, 0.05) is 11.5 Å². The molecule has 2 rings (SSSR count). The van der Waals surface area contributed by atoms with E-state index >= 15 is 0 Å². The van der Waals surface area contributed by atoms with Crippen LogP contribution in [0, 0.1) is 5.92 Å². The Balaban J connectivity index is 2.40. The first-order chi connectivity index (χ1) is 7.13. The monoisotopic (exact) mass is 202 g/mol. The number of rotatable bonds is 2. The van der Waals surface area contributed by atoms with E-state index in [1.807, 2.05) is 0 Å². The first-order valence-electron chi connectivity index (χ1n) is 5.80. The fourth-order valence-electron chi connectivity index (χ4n) is 2.27. The Hall–Kier alpha value is -1.11. The molecule has 1 aromatic rings. The molecule has 1 heteroatoms. The largest absolute Gasteiger partial charge is 0.294 e. The van der Waals surface area contributed by atoms with Crippen molar-refractivity contribution >= 4 is 5.78 Å². The molecule has 0 spiro atoms. The number of fused-ring (bicyclic) bond motifs is 1. The number of hydrogen-bond acceptors (Lipinski definition) is 1. The smallest absolute Gasteiger partial charge is 0.166 e. The van der Waals surface area contributed by atoms with Crippen LogP contribution in [0.4, 0.5) is 0 Å². The van der Waals surface area contributed by atoms with Crippen LogP contribution in [-0.4, -0.2) is 5.78 Å². The van der Waals surface area contributed by atoms with Crippen LogP contribution in [0.1, 0.15) is 54.6 Å². The predicted molar refractivity (Wildman–Crippen MR) is 62.3 cm³/mol. The van der Waals surface area contributed by atoms with E-state index in [1.54, 1.807) is 0 Å². The van der Waals surface area contributed by atoms with Crippen LogP contribution >= 0.6 is 0 Å². The molecule has 0 saturated carbocycles. The van der Waals surface area contributed by atoms with Gasteiger partial charge in [-0.1, -0.05) is 32.9 Å². The van der Waals surface area contributed by atoms with E-state index in [-0.39, 0.29) is 5.92 Å². The normalized spacial score (nSPS) is 19.7. The minimum Gasteiger partial charge on any atom is -0.294 e. The van der Waals surface area contributed by atoms with Crippen LogP contribution in [-0.2, 0) is 6.42 Å². The van der Waals surface area contributed by atoms with Crippen LogP contribution in [0.25, 0.3) is 0 Å². The third kappa shape index (κ3) is 1.71. The molecule has 15 heavy (non-hydrogen) atoms. The number of Topliss-reactive ketones (excluding diaryl/α,β-unsaturated/α-hetero) is 1. The molecule has 0 saturated heterocycles. The minimum absolute atomic E-state index is 0.238. The summed E-state index contributed by atoms with van der Waals surface area (Å²) in [6, 6.07) is 6.39. The van der Waals surface area contributed by atoms with Crippen molar-refractivity contribution in [3.05, 3.63) is 34.9 Å². The Labute approximate surface area is 91.5 Å². The topological polar surface area (TPSA) is 17.1 Å². The highest BCUT2D eigenvalue weighted by Crippen LogP contribution is 2.30. The van der Waals surface area contributed by atoms with Gasteiger partial charge in [-0.05, 0) is 36.0 Å². The van der Waals surface area contributed by atoms with E-state index in [2.05, 4.69) is 39.0 Å². The van der Waals surface area contributed by atoms with Crippen molar-refractivity contribution in [2.24, 2.45) is 5.92 Å². The summed E-state index contributed by atoms with van der Waals surface area (Å²) in [6.45, 7) is 6.43. The molecular weight excluding hydrogens is 184 g/mol. The molecule has 1 nitrogen and oxygen atoms in total. The second kappa shape index (κ2) is 3.80. The van der Waals surface area contributed by atoms with Crippen LogP contribution < -0.4 is 0 Å². The fourth-order valence-corrected chi connectivity index (χ4v) is 2.27. The Morgan fingerprint density at radius 2 is 2.13 bits per heavy atom. The summed E-state index contributed by atoms with van der Waals surface area (Å²) in [4.78, 5) is 12.0. The molecule has 0 fully saturated rings. The molecule has 0 aliphatic heterocycles. The van der Waals surface area contributed by atoms with Gasteiger partial charge in [0.05, 0.1) is 0 Å². The van der Waals surface area contributed by atoms with Gasteiger partial charge in [0.2, 0.25) is 0 Å². The van der Waals surface area contributed by atoms with Gasteiger partial charge < -0.3 is 0 Å². The number of ketones is 1. The third-order valence-corrected chi connectivity index (χ3v) is 3.40. The second-order valence-corrected chi connectivity index (χ2v) is 4.74. The minimum atomic E-state index is 0.238. The zero-order valence-electron chi connectivity index (χ0n) is 9.71. The average molecular weight is 202 g/mol. The van der Waals surface area contributed by atoms with Gasteiger partial charge in [-0.2, -0.15) is 0 Å². The van der Waals surface area contributed by atoms with Crippen LogP contribution in [0.3, 0.4) is 0 Å². The Morgan fingerprint density at radius 1 is 1.40 bits per heavy atom. The van der Waals surface area contributed by atoms with Crippen molar-refractivity contribution in [1.82, 2.24) is 0 Å². The van der Waals surface area contributed by atoms with Crippen molar-refractivity contribution in [3.63, 3.8) is 0 Å². The molecule has 80 valence electrons. The molecule has 0 heterocycles. The van der Waals surface area contributed by atoms with E-state index in [0.717, 1.165) is 18.4 Å². The maximum absolute atomic E-state index is 12.0. The van der Waals surface area contributed by atoms with Crippen LogP contribution in [0.15, 0.2) is 18.2 Å². The summed E-state index contributed by atoms with van der Waals surface area (Å²) in [5.74, 6) is 1.10. The predicted octanol–water partition coefficient (Wildman–Crippen LogP) is 3.58. The van der Waals surface area contributed by atoms with E-state index in [4.69, 9.17) is 0 Å². The standard InChI is InChI=1S/C14H18O/c1-4-10-7-12-6-5-11(9(2)3)8-13(12)14(10)15/h5-6,8-10H,4,7H2,1-3H3. The quantitative estimate of drug-likeness (QED) is 0.716. The highest BCUT2D eigenvalue weighted by atomic mass is 16.1. The summed E-state index contributed by atoms with van der Waals surface area (Å²) in [5.41, 5.74) is 3.50. The van der Waals surface area contributed by atoms with E-state index in [9.17, 15) is 4.79 Å². The van der Waals surface area contributed by atoms with Gasteiger partial charge in [-0.3, -0.25) is 4.79 Å². The summed E-state index contributed by atoms with van der Waals surface area (Å²) < 4.78 is 0. The van der Waals surface area contributed by atoms with Gasteiger partial charge in [0.15, 0.2) is 5.78 Å². The highest BCUT2D eigenvalue weighted by molar-refractivity contribution is 6.02. The lowest BCUT2D eigenvalue weighted by Crippen LogP contribution is -2.07. The molecule has 0 radical (unpaired) electrons. The molecule has 1 aromatic carbocycles. The second-order valence-electron chi connectivity index (χ2n) is 4.74. The van der Waals surface area contributed by atoms with Crippen molar-refractivity contribution < 1.29 is 4.79 Å². The summed E-state index contributed by atoms with van der Waals surface area (Å²) in [7, 11) is 0. The Kier molecular flexibility index (Phi) is 2.64. The third-order valence-electron chi connectivity index (χ3n) is 3.40. The highest BCUT2D eigenvalue weighted by Gasteiger charge is 2.29. The summed E-state index contributed by atoms with van der Waals surface area (Å²) in [6.07, 6.45) is 1.91. The zero-order valence-corrected chi connectivity index (χ0v) is 9.71. The summed E-state index contributed by atoms with van der Waals surface area (Å²) in [5, 5.41) is 0. The first kappa shape index (κ1) is 10.4. The van der Waals surface area contributed by atoms with Crippen molar-refractivity contribution in [2.75, 3.05) is 0 Å². The number of benzene rings is 1. The molecule has 1 unspecified atom stereocenters. The SMILES string of the molecule is CCC1Cc2ccc(C(C)C)cc2C1=O. The summed E-state index contributed by atoms with van der Waals surface area (Å²) >= 11 is 0. The van der Waals surface area contributed by atoms with E-state index < -0.39 is 0 Å². The van der Waals surface area contributed by atoms with Crippen molar-refractivity contribution in [3.8, 4) is 0 Å². The molecule has 0 bridgehead atoms. The lowest BCUT2D eigenvalue weighted by Gasteiger charge is -2.06. The van der Waals surface area contributed by atoms with Crippen LogP contribution in [0.2, 0.25) is 0 Å². The lowest BCUT2D eigenvalue weighted by molar-refractivity contribution is 0.0934. The fraction of sp³-hybridized carbons (Fsp3) is 0.500. The average Bonchev–Trinajstić information content (AvgIpc) is 2.55. The molecule has 0 amide bonds. The van der Waals surface area contributed by atoms with Gasteiger partial charge in [-0.15, -0.1) is 0 Å². The molecule has 1 aliphatic rings. The van der Waals surface area contributed by atoms with Crippen molar-refractivity contribution in [2.45, 2.75) is 39.5 Å². The van der Waals surface area contributed by atoms with E-state index in [0.29, 0.717) is 11.7 Å². The Bertz CT molecular complexity index is 390. The first-order valence-corrected chi connectivity index (χ1v) is 5.80. The number of hydrogen-bond donors (Lipinski definition) is 0. The number of carbonyl (C=O) groups excluding carboxylic acids is 1. The van der Waals surface area contributed by atoms with Crippen LogP contribution in [0.5, 0.6) is 0 Å². The van der Waals surface area contributed by atoms with Gasteiger partial charge in [0.1, 0.15) is 0 Å². The van der Waals surface area contributed by atoms with E-state index in [1.165, 1.54) is 11.1 Å². The molecule has 1 aliphatic carbocycles. The maximum Gasteiger partial charge on any atom is 0.166 e. The van der Waals surface area contributed by atoms with Crippen molar-refractivity contribution in [1.29, 1.82) is 0 Å². The number of carbonyl (C=O) groups is 1. The van der Waals surface area contributed by atoms with Gasteiger partial charge in [-0.25, -0.2) is 0 Å². The maximum atomic E-state index is 12.0. The lowest BCUT2D eigenvalue weighted by atomic mass is 9.98. The molecule has 0 N–H and O–H groups in total.